The van der Waals surface area contributed by atoms with Gasteiger partial charge in [0.15, 0.2) is 5.84 Å². The molecule has 0 aliphatic carbocycles. The highest BCUT2D eigenvalue weighted by Gasteiger charge is 2.29. The van der Waals surface area contributed by atoms with Gasteiger partial charge < -0.3 is 24.5 Å². The van der Waals surface area contributed by atoms with Crippen LogP contribution >= 0.6 is 0 Å². The van der Waals surface area contributed by atoms with Crippen LogP contribution in [0.2, 0.25) is 0 Å². The molecule has 2 aliphatic heterocycles. The molecular formula is C25H31N3O4. The summed E-state index contributed by atoms with van der Waals surface area (Å²) in [7, 11) is 0. The molecule has 1 atom stereocenters. The lowest BCUT2D eigenvalue weighted by Gasteiger charge is -2.29. The summed E-state index contributed by atoms with van der Waals surface area (Å²) >= 11 is 0. The summed E-state index contributed by atoms with van der Waals surface area (Å²) in [6, 6.07) is 15.7. The molecule has 0 aromatic heterocycles. The summed E-state index contributed by atoms with van der Waals surface area (Å²) in [5, 5.41) is 14.7. The van der Waals surface area contributed by atoms with Gasteiger partial charge in [0.25, 0.3) is 0 Å². The van der Waals surface area contributed by atoms with Crippen LogP contribution in [0.25, 0.3) is 0 Å². The molecule has 2 aromatic rings. The number of rotatable bonds is 9. The van der Waals surface area contributed by atoms with Gasteiger partial charge in [0, 0.05) is 45.3 Å². The topological polar surface area (TPSA) is 74.6 Å². The van der Waals surface area contributed by atoms with Crippen molar-refractivity contribution in [3.8, 4) is 5.75 Å². The van der Waals surface area contributed by atoms with E-state index in [-0.39, 0.29) is 17.8 Å². The number of aromatic hydroxyl groups is 1. The van der Waals surface area contributed by atoms with E-state index in [1.165, 1.54) is 5.56 Å². The first-order chi connectivity index (χ1) is 15.6. The highest BCUT2D eigenvalue weighted by atomic mass is 16.7. The minimum absolute atomic E-state index is 0.125. The number of carbonyl (C=O) groups excluding carboxylic acids is 1. The van der Waals surface area contributed by atoms with Crippen molar-refractivity contribution in [3.05, 3.63) is 59.7 Å². The molecule has 1 saturated heterocycles. The standard InChI is InChI=1S/C25H31N3O4/c1-2-28-24(18-19-6-4-3-5-7-19)26-32-25(28)11-9-21(29)16-20-8-10-22(23(30)17-20)27-12-14-31-15-13-27/h3-8,10,17,25,30H,2,9,11-16,18H2,1H3. The second-order valence-corrected chi connectivity index (χ2v) is 8.19. The molecule has 2 aliphatic rings. The number of amidine groups is 1. The molecule has 170 valence electrons. The van der Waals surface area contributed by atoms with Gasteiger partial charge in [0.2, 0.25) is 6.23 Å². The first kappa shape index (κ1) is 22.1. The number of phenols is 1. The fraction of sp³-hybridized carbons (Fsp3) is 0.440. The van der Waals surface area contributed by atoms with Gasteiger partial charge in [-0.2, -0.15) is 0 Å². The Morgan fingerprint density at radius 2 is 1.91 bits per heavy atom. The number of oxime groups is 1. The van der Waals surface area contributed by atoms with E-state index in [1.54, 1.807) is 6.07 Å². The monoisotopic (exact) mass is 437 g/mol. The van der Waals surface area contributed by atoms with Crippen LogP contribution in [0.3, 0.4) is 0 Å². The number of ether oxygens (including phenoxy) is 1. The molecule has 0 bridgehead atoms. The number of anilines is 1. The summed E-state index contributed by atoms with van der Waals surface area (Å²) < 4.78 is 5.37. The smallest absolute Gasteiger partial charge is 0.201 e. The molecule has 32 heavy (non-hydrogen) atoms. The number of Topliss-reactive ketones (excluding diaryl/α,β-unsaturated/α-hetero) is 1. The van der Waals surface area contributed by atoms with Crippen LogP contribution in [0.15, 0.2) is 53.7 Å². The lowest BCUT2D eigenvalue weighted by Crippen LogP contribution is -2.37. The van der Waals surface area contributed by atoms with Crippen LogP contribution in [0.4, 0.5) is 5.69 Å². The van der Waals surface area contributed by atoms with Crippen LogP contribution in [0.1, 0.15) is 30.9 Å². The zero-order valence-corrected chi connectivity index (χ0v) is 18.6. The van der Waals surface area contributed by atoms with Crippen molar-refractivity contribution in [1.82, 2.24) is 4.90 Å². The summed E-state index contributed by atoms with van der Waals surface area (Å²) in [5.74, 6) is 1.24. The Bertz CT molecular complexity index is 941. The highest BCUT2D eigenvalue weighted by molar-refractivity contribution is 5.85. The molecule has 0 amide bonds. The van der Waals surface area contributed by atoms with Gasteiger partial charge in [0.05, 0.1) is 18.9 Å². The zero-order valence-electron chi connectivity index (χ0n) is 18.6. The van der Waals surface area contributed by atoms with Crippen molar-refractivity contribution in [2.75, 3.05) is 37.7 Å². The van der Waals surface area contributed by atoms with Gasteiger partial charge in [-0.3, -0.25) is 4.79 Å². The molecule has 2 aromatic carbocycles. The average Bonchev–Trinajstić information content (AvgIpc) is 3.20. The molecule has 0 saturated carbocycles. The predicted octanol–water partition coefficient (Wildman–Crippen LogP) is 3.36. The van der Waals surface area contributed by atoms with E-state index in [9.17, 15) is 9.90 Å². The minimum Gasteiger partial charge on any atom is -0.506 e. The van der Waals surface area contributed by atoms with Crippen molar-refractivity contribution < 1.29 is 19.5 Å². The second-order valence-electron chi connectivity index (χ2n) is 8.19. The van der Waals surface area contributed by atoms with Crippen LogP contribution in [0.5, 0.6) is 5.75 Å². The normalized spacial score (nSPS) is 18.4. The Kier molecular flexibility index (Phi) is 7.27. The van der Waals surface area contributed by atoms with E-state index >= 15 is 0 Å². The zero-order chi connectivity index (χ0) is 22.3. The molecular weight excluding hydrogens is 406 g/mol. The van der Waals surface area contributed by atoms with E-state index in [4.69, 9.17) is 9.57 Å². The fourth-order valence-corrected chi connectivity index (χ4v) is 4.26. The Labute approximate surface area is 189 Å². The van der Waals surface area contributed by atoms with E-state index in [0.717, 1.165) is 36.7 Å². The first-order valence-corrected chi connectivity index (χ1v) is 11.3. The predicted molar refractivity (Wildman–Crippen MR) is 124 cm³/mol. The van der Waals surface area contributed by atoms with Crippen molar-refractivity contribution in [2.24, 2.45) is 5.16 Å². The molecule has 1 unspecified atom stereocenters. The summed E-state index contributed by atoms with van der Waals surface area (Å²) in [6.07, 6.45) is 1.80. The SMILES string of the molecule is CCN1C(Cc2ccccc2)=NOC1CCC(=O)Cc1ccc(N2CCOCC2)c(O)c1. The van der Waals surface area contributed by atoms with Crippen LogP contribution in [-0.2, 0) is 27.2 Å². The average molecular weight is 438 g/mol. The Morgan fingerprint density at radius 1 is 1.12 bits per heavy atom. The number of likely N-dealkylation sites (N-methyl/N-ethyl adjacent to an activating group) is 1. The number of benzene rings is 2. The van der Waals surface area contributed by atoms with E-state index < -0.39 is 0 Å². The first-order valence-electron chi connectivity index (χ1n) is 11.3. The number of nitrogens with zero attached hydrogens (tertiary/aromatic N) is 3. The third kappa shape index (κ3) is 5.40. The van der Waals surface area contributed by atoms with Gasteiger partial charge in [0.1, 0.15) is 11.5 Å². The third-order valence-corrected chi connectivity index (χ3v) is 5.97. The molecule has 0 radical (unpaired) electrons. The van der Waals surface area contributed by atoms with Crippen LogP contribution in [0, 0.1) is 0 Å². The van der Waals surface area contributed by atoms with Gasteiger partial charge >= 0.3 is 0 Å². The van der Waals surface area contributed by atoms with E-state index in [1.807, 2.05) is 30.3 Å². The maximum absolute atomic E-state index is 12.6. The van der Waals surface area contributed by atoms with Crippen molar-refractivity contribution >= 4 is 17.3 Å². The Hall–Kier alpha value is -3.06. The van der Waals surface area contributed by atoms with E-state index in [2.05, 4.69) is 34.0 Å². The van der Waals surface area contributed by atoms with Crippen LogP contribution in [-0.4, -0.2) is 60.7 Å². The molecule has 7 heteroatoms. The molecule has 1 N–H and O–H groups in total. The number of ketones is 1. The second kappa shape index (κ2) is 10.5. The molecule has 7 nitrogen and oxygen atoms in total. The number of morpholine rings is 1. The number of hydrogen-bond donors (Lipinski definition) is 1. The minimum atomic E-state index is -0.209. The lowest BCUT2D eigenvalue weighted by atomic mass is 10.0. The van der Waals surface area contributed by atoms with Gasteiger partial charge in [-0.1, -0.05) is 41.6 Å². The van der Waals surface area contributed by atoms with E-state index in [0.29, 0.717) is 38.9 Å². The Balaban J connectivity index is 1.28. The van der Waals surface area contributed by atoms with Gasteiger partial charge in [-0.25, -0.2) is 0 Å². The number of hydrogen-bond acceptors (Lipinski definition) is 7. The number of carbonyl (C=O) groups is 1. The van der Waals surface area contributed by atoms with Crippen molar-refractivity contribution in [1.29, 1.82) is 0 Å². The van der Waals surface area contributed by atoms with Crippen LogP contribution < -0.4 is 4.90 Å². The highest BCUT2D eigenvalue weighted by Crippen LogP contribution is 2.29. The molecule has 4 rings (SSSR count). The fourth-order valence-electron chi connectivity index (χ4n) is 4.26. The lowest BCUT2D eigenvalue weighted by molar-refractivity contribution is -0.119. The summed E-state index contributed by atoms with van der Waals surface area (Å²) in [4.78, 5) is 22.5. The Morgan fingerprint density at radius 3 is 2.62 bits per heavy atom. The summed E-state index contributed by atoms with van der Waals surface area (Å²) in [5.41, 5.74) is 2.81. The molecule has 0 spiro atoms. The maximum atomic E-state index is 12.6. The largest absolute Gasteiger partial charge is 0.506 e. The third-order valence-electron chi connectivity index (χ3n) is 5.97. The quantitative estimate of drug-likeness (QED) is 0.649. The van der Waals surface area contributed by atoms with Crippen molar-refractivity contribution in [2.45, 2.75) is 38.8 Å². The number of phenolic OH excluding ortho intramolecular Hbond substituents is 1. The summed E-state index contributed by atoms with van der Waals surface area (Å²) in [6.45, 7) is 5.69. The van der Waals surface area contributed by atoms with Crippen molar-refractivity contribution in [3.63, 3.8) is 0 Å². The molecule has 1 fully saturated rings. The van der Waals surface area contributed by atoms with Gasteiger partial charge in [-0.05, 0) is 30.2 Å². The van der Waals surface area contributed by atoms with Gasteiger partial charge in [-0.15, -0.1) is 0 Å². The molecule has 2 heterocycles. The maximum Gasteiger partial charge on any atom is 0.201 e.